The predicted octanol–water partition coefficient (Wildman–Crippen LogP) is 7.41. The highest BCUT2D eigenvalue weighted by molar-refractivity contribution is 4.56. The van der Waals surface area contributed by atoms with Gasteiger partial charge in [-0.15, -0.1) is 0 Å². The molecule has 0 spiro atoms. The number of aliphatic hydroxyl groups is 2. The molecule has 0 amide bonds. The van der Waals surface area contributed by atoms with E-state index in [0.717, 1.165) is 12.8 Å². The highest BCUT2D eigenvalue weighted by Crippen LogP contribution is 2.16. The third-order valence-corrected chi connectivity index (χ3v) is 5.86. The Morgan fingerprint density at radius 2 is 0.769 bits per heavy atom. The van der Waals surface area contributed by atoms with Gasteiger partial charge >= 0.3 is 0 Å². The van der Waals surface area contributed by atoms with E-state index in [1.807, 2.05) is 0 Å². The largest absolute Gasteiger partial charge is 0.396 e. The molecule has 158 valence electrons. The van der Waals surface area contributed by atoms with Crippen LogP contribution in [0.15, 0.2) is 0 Å². The van der Waals surface area contributed by atoms with Crippen LogP contribution in [0.1, 0.15) is 135 Å². The monoisotopic (exact) mass is 370 g/mol. The maximum absolute atomic E-state index is 9.17. The Kier molecular flexibility index (Phi) is 22.9. The summed E-state index contributed by atoms with van der Waals surface area (Å²) in [5.41, 5.74) is 0. The summed E-state index contributed by atoms with van der Waals surface area (Å²) in [5, 5.41) is 17.9. The van der Waals surface area contributed by atoms with Crippen LogP contribution in [0.4, 0.5) is 0 Å². The van der Waals surface area contributed by atoms with E-state index in [0.29, 0.717) is 19.1 Å². The topological polar surface area (TPSA) is 40.5 Å². The van der Waals surface area contributed by atoms with Gasteiger partial charge in [-0.25, -0.2) is 0 Å². The fourth-order valence-electron chi connectivity index (χ4n) is 3.80. The molecular formula is C24H50O2. The predicted molar refractivity (Wildman–Crippen MR) is 116 cm³/mol. The minimum absolute atomic E-state index is 0.366. The number of hydrogen-bond donors (Lipinski definition) is 2. The summed E-state index contributed by atoms with van der Waals surface area (Å²) in [7, 11) is 0. The minimum Gasteiger partial charge on any atom is -0.396 e. The molecule has 2 N–H and O–H groups in total. The number of unbranched alkanes of at least 4 members (excludes halogenated alkanes) is 17. The quantitative estimate of drug-likeness (QED) is 0.195. The average Bonchev–Trinajstić information content (AvgIpc) is 2.66. The Morgan fingerprint density at radius 1 is 0.462 bits per heavy atom. The zero-order chi connectivity index (χ0) is 19.1. The second-order valence-electron chi connectivity index (χ2n) is 8.33. The van der Waals surface area contributed by atoms with Crippen molar-refractivity contribution in [3.05, 3.63) is 0 Å². The van der Waals surface area contributed by atoms with Crippen LogP contribution in [0, 0.1) is 5.92 Å². The summed E-state index contributed by atoms with van der Waals surface area (Å²) >= 11 is 0. The van der Waals surface area contributed by atoms with Crippen molar-refractivity contribution < 1.29 is 10.2 Å². The summed E-state index contributed by atoms with van der Waals surface area (Å²) in [5.74, 6) is 0.548. The molecule has 26 heavy (non-hydrogen) atoms. The molecule has 0 heterocycles. The van der Waals surface area contributed by atoms with Crippen LogP contribution in [0.3, 0.4) is 0 Å². The van der Waals surface area contributed by atoms with Crippen LogP contribution in [0.2, 0.25) is 0 Å². The minimum atomic E-state index is 0.366. The van der Waals surface area contributed by atoms with Gasteiger partial charge in [-0.3, -0.25) is 0 Å². The lowest BCUT2D eigenvalue weighted by Gasteiger charge is -2.10. The maximum atomic E-state index is 9.17. The summed E-state index contributed by atoms with van der Waals surface area (Å²) in [4.78, 5) is 0. The van der Waals surface area contributed by atoms with Crippen molar-refractivity contribution in [3.63, 3.8) is 0 Å². The fourth-order valence-corrected chi connectivity index (χ4v) is 3.80. The van der Waals surface area contributed by atoms with Crippen LogP contribution in [0.5, 0.6) is 0 Å². The highest BCUT2D eigenvalue weighted by Gasteiger charge is 2.03. The summed E-state index contributed by atoms with van der Waals surface area (Å²) in [6, 6.07) is 0. The summed E-state index contributed by atoms with van der Waals surface area (Å²) in [6.07, 6.45) is 27.0. The number of aliphatic hydroxyl groups excluding tert-OH is 2. The Morgan fingerprint density at radius 3 is 1.04 bits per heavy atom. The lowest BCUT2D eigenvalue weighted by Crippen LogP contribution is -2.03. The first-order valence-corrected chi connectivity index (χ1v) is 12.1. The molecule has 0 aromatic carbocycles. The molecule has 0 bridgehead atoms. The van der Waals surface area contributed by atoms with Gasteiger partial charge in [0.2, 0.25) is 0 Å². The first-order valence-electron chi connectivity index (χ1n) is 12.1. The normalized spacial score (nSPS) is 12.6. The van der Waals surface area contributed by atoms with Gasteiger partial charge in [0.05, 0.1) is 0 Å². The van der Waals surface area contributed by atoms with E-state index in [4.69, 9.17) is 5.11 Å². The van der Waals surface area contributed by atoms with Crippen LogP contribution < -0.4 is 0 Å². The summed E-state index contributed by atoms with van der Waals surface area (Å²) in [6.45, 7) is 2.93. The number of hydrogen-bond acceptors (Lipinski definition) is 2. The Labute approximate surface area is 165 Å². The molecule has 2 nitrogen and oxygen atoms in total. The molecule has 0 saturated heterocycles. The van der Waals surface area contributed by atoms with Gasteiger partial charge in [-0.05, 0) is 18.8 Å². The molecule has 2 heteroatoms. The van der Waals surface area contributed by atoms with Gasteiger partial charge in [0.15, 0.2) is 0 Å². The second kappa shape index (κ2) is 23.0. The average molecular weight is 371 g/mol. The first kappa shape index (κ1) is 25.9. The van der Waals surface area contributed by atoms with Gasteiger partial charge < -0.3 is 10.2 Å². The molecule has 0 aliphatic carbocycles. The van der Waals surface area contributed by atoms with Crippen LogP contribution in [-0.2, 0) is 0 Å². The molecule has 0 rings (SSSR count). The van der Waals surface area contributed by atoms with Crippen LogP contribution in [-0.4, -0.2) is 23.4 Å². The third-order valence-electron chi connectivity index (χ3n) is 5.86. The van der Waals surface area contributed by atoms with E-state index < -0.39 is 0 Å². The maximum Gasteiger partial charge on any atom is 0.0459 e. The zero-order valence-electron chi connectivity index (χ0n) is 18.0. The van der Waals surface area contributed by atoms with Crippen LogP contribution >= 0.6 is 0 Å². The molecule has 1 atom stereocenters. The lowest BCUT2D eigenvalue weighted by molar-refractivity contribution is 0.211. The molecule has 0 aliphatic rings. The molecular weight excluding hydrogens is 320 g/mol. The van der Waals surface area contributed by atoms with Gasteiger partial charge in [0.25, 0.3) is 0 Å². The Hall–Kier alpha value is -0.0800. The summed E-state index contributed by atoms with van der Waals surface area (Å²) < 4.78 is 0. The lowest BCUT2D eigenvalue weighted by atomic mass is 9.98. The Bertz CT molecular complexity index is 238. The van der Waals surface area contributed by atoms with Gasteiger partial charge in [0, 0.05) is 13.2 Å². The van der Waals surface area contributed by atoms with Crippen molar-refractivity contribution in [1.29, 1.82) is 0 Å². The Balaban J connectivity index is 3.03. The molecule has 0 saturated carbocycles. The van der Waals surface area contributed by atoms with Crippen molar-refractivity contribution in [2.75, 3.05) is 13.2 Å². The third kappa shape index (κ3) is 20.2. The van der Waals surface area contributed by atoms with Crippen LogP contribution in [0.25, 0.3) is 0 Å². The number of rotatable bonds is 22. The van der Waals surface area contributed by atoms with E-state index in [1.54, 1.807) is 0 Å². The molecule has 0 aromatic heterocycles. The zero-order valence-corrected chi connectivity index (χ0v) is 18.0. The second-order valence-corrected chi connectivity index (χ2v) is 8.33. The molecule has 0 radical (unpaired) electrons. The SMILES string of the molecule is CCC(CO)CCCCCCCCCCCCCCCCCCCCO. The van der Waals surface area contributed by atoms with Crippen molar-refractivity contribution >= 4 is 0 Å². The van der Waals surface area contributed by atoms with E-state index in [-0.39, 0.29) is 0 Å². The molecule has 0 aromatic rings. The van der Waals surface area contributed by atoms with Gasteiger partial charge in [-0.1, -0.05) is 122 Å². The highest BCUT2D eigenvalue weighted by atomic mass is 16.3. The molecule has 1 unspecified atom stereocenters. The van der Waals surface area contributed by atoms with E-state index >= 15 is 0 Å². The van der Waals surface area contributed by atoms with E-state index in [1.165, 1.54) is 116 Å². The van der Waals surface area contributed by atoms with Gasteiger partial charge in [-0.2, -0.15) is 0 Å². The molecule has 0 fully saturated rings. The standard InChI is InChI=1S/C24H50O2/c1-2-24(23-26)21-19-17-15-13-11-9-7-5-3-4-6-8-10-12-14-16-18-20-22-25/h24-26H,2-23H2,1H3. The van der Waals surface area contributed by atoms with Crippen molar-refractivity contribution in [1.82, 2.24) is 0 Å². The van der Waals surface area contributed by atoms with Gasteiger partial charge in [0.1, 0.15) is 0 Å². The smallest absolute Gasteiger partial charge is 0.0459 e. The van der Waals surface area contributed by atoms with Crippen molar-refractivity contribution in [2.45, 2.75) is 135 Å². The first-order chi connectivity index (χ1) is 12.8. The van der Waals surface area contributed by atoms with Crippen molar-refractivity contribution in [2.24, 2.45) is 5.92 Å². The van der Waals surface area contributed by atoms with Crippen molar-refractivity contribution in [3.8, 4) is 0 Å². The van der Waals surface area contributed by atoms with E-state index in [2.05, 4.69) is 6.92 Å². The fraction of sp³-hybridized carbons (Fsp3) is 1.00. The molecule has 0 aliphatic heterocycles. The van der Waals surface area contributed by atoms with E-state index in [9.17, 15) is 5.11 Å².